The monoisotopic (exact) mass is 253 g/mol. The van der Waals surface area contributed by atoms with Gasteiger partial charge in [-0.2, -0.15) is 11.8 Å². The van der Waals surface area contributed by atoms with Crippen LogP contribution in [0.4, 0.5) is 0 Å². The number of rotatable bonds is 1. The van der Waals surface area contributed by atoms with Crippen LogP contribution in [-0.2, 0) is 0 Å². The molecule has 1 heterocycles. The van der Waals surface area contributed by atoms with Crippen LogP contribution in [0.3, 0.4) is 0 Å². The Morgan fingerprint density at radius 2 is 2.18 bits per heavy atom. The minimum Gasteiger partial charge on any atom is -0.504 e. The van der Waals surface area contributed by atoms with Gasteiger partial charge in [0, 0.05) is 29.7 Å². The van der Waals surface area contributed by atoms with E-state index in [0.717, 1.165) is 18.1 Å². The van der Waals surface area contributed by atoms with Crippen molar-refractivity contribution in [2.75, 3.05) is 18.1 Å². The first-order valence-electron chi connectivity index (χ1n) is 5.50. The van der Waals surface area contributed by atoms with E-state index >= 15 is 0 Å². The number of phenolic OH excluding ortho intramolecular Hbond substituents is 2. The van der Waals surface area contributed by atoms with Crippen molar-refractivity contribution in [3.8, 4) is 11.5 Å². The van der Waals surface area contributed by atoms with Crippen LogP contribution < -0.4 is 0 Å². The summed E-state index contributed by atoms with van der Waals surface area (Å²) in [6.45, 7) is 2.75. The Morgan fingerprint density at radius 3 is 2.82 bits per heavy atom. The molecule has 0 bridgehead atoms. The Kier molecular flexibility index (Phi) is 3.47. The molecular weight excluding hydrogens is 238 g/mol. The molecule has 17 heavy (non-hydrogen) atoms. The first kappa shape index (κ1) is 12.1. The van der Waals surface area contributed by atoms with Crippen LogP contribution in [0.25, 0.3) is 0 Å². The molecule has 1 aliphatic rings. The smallest absolute Gasteiger partial charge is 0.254 e. The molecule has 1 aromatic carbocycles. The van der Waals surface area contributed by atoms with Crippen LogP contribution in [0.2, 0.25) is 0 Å². The molecule has 1 amide bonds. The molecule has 0 aliphatic carbocycles. The predicted molar refractivity (Wildman–Crippen MR) is 67.6 cm³/mol. The molecule has 2 N–H and O–H groups in total. The second-order valence-corrected chi connectivity index (χ2v) is 5.28. The molecule has 1 fully saturated rings. The second-order valence-electron chi connectivity index (χ2n) is 4.13. The number of carbonyl (C=O) groups excluding carboxylic acids is 1. The van der Waals surface area contributed by atoms with E-state index in [-0.39, 0.29) is 23.4 Å². The van der Waals surface area contributed by atoms with Gasteiger partial charge in [-0.3, -0.25) is 4.79 Å². The zero-order valence-electron chi connectivity index (χ0n) is 9.59. The zero-order chi connectivity index (χ0) is 12.4. The van der Waals surface area contributed by atoms with E-state index in [1.807, 2.05) is 23.6 Å². The molecule has 2 rings (SSSR count). The van der Waals surface area contributed by atoms with E-state index in [1.54, 1.807) is 0 Å². The molecule has 1 saturated heterocycles. The first-order valence-corrected chi connectivity index (χ1v) is 6.66. The number of amides is 1. The molecule has 1 atom stereocenters. The first-order chi connectivity index (χ1) is 8.09. The topological polar surface area (TPSA) is 60.8 Å². The van der Waals surface area contributed by atoms with Crippen molar-refractivity contribution in [1.82, 2.24) is 4.90 Å². The standard InChI is InChI=1S/C12H15NO3S/c1-8-7-17-5-4-13(8)12(16)9-2-3-10(14)11(15)6-9/h2-3,6,8,14-15H,4-5,7H2,1H3. The molecule has 0 aromatic heterocycles. The summed E-state index contributed by atoms with van der Waals surface area (Å²) in [5.41, 5.74) is 0.416. The van der Waals surface area contributed by atoms with Gasteiger partial charge in [0.1, 0.15) is 0 Å². The van der Waals surface area contributed by atoms with E-state index in [1.165, 1.54) is 18.2 Å². The summed E-state index contributed by atoms with van der Waals surface area (Å²) in [5, 5.41) is 18.6. The Bertz CT molecular complexity index is 436. The molecule has 1 aliphatic heterocycles. The maximum Gasteiger partial charge on any atom is 0.254 e. The third-order valence-corrected chi connectivity index (χ3v) is 4.04. The third kappa shape index (κ3) is 2.49. The number of benzene rings is 1. The molecule has 0 spiro atoms. The van der Waals surface area contributed by atoms with E-state index in [9.17, 15) is 15.0 Å². The Hall–Kier alpha value is -1.36. The van der Waals surface area contributed by atoms with Crippen LogP contribution in [0.15, 0.2) is 18.2 Å². The van der Waals surface area contributed by atoms with Crippen LogP contribution >= 0.6 is 11.8 Å². The second kappa shape index (κ2) is 4.87. The maximum absolute atomic E-state index is 12.2. The fraction of sp³-hybridized carbons (Fsp3) is 0.417. The van der Waals surface area contributed by atoms with Gasteiger partial charge in [-0.15, -0.1) is 0 Å². The molecule has 4 nitrogen and oxygen atoms in total. The van der Waals surface area contributed by atoms with Gasteiger partial charge in [-0.1, -0.05) is 0 Å². The molecular formula is C12H15NO3S. The number of phenols is 2. The lowest BCUT2D eigenvalue weighted by atomic mass is 10.1. The van der Waals surface area contributed by atoms with Crippen molar-refractivity contribution in [3.05, 3.63) is 23.8 Å². The van der Waals surface area contributed by atoms with Gasteiger partial charge in [0.25, 0.3) is 5.91 Å². The quantitative estimate of drug-likeness (QED) is 0.747. The molecule has 92 valence electrons. The van der Waals surface area contributed by atoms with Gasteiger partial charge in [0.05, 0.1) is 0 Å². The normalized spacial score (nSPS) is 20.3. The molecule has 1 aromatic rings. The van der Waals surface area contributed by atoms with Gasteiger partial charge in [-0.05, 0) is 25.1 Å². The van der Waals surface area contributed by atoms with Crippen molar-refractivity contribution in [1.29, 1.82) is 0 Å². The molecule has 1 unspecified atom stereocenters. The highest BCUT2D eigenvalue weighted by molar-refractivity contribution is 7.99. The van der Waals surface area contributed by atoms with Crippen LogP contribution in [-0.4, -0.2) is 45.1 Å². The van der Waals surface area contributed by atoms with Crippen molar-refractivity contribution < 1.29 is 15.0 Å². The number of hydrogen-bond donors (Lipinski definition) is 2. The summed E-state index contributed by atoms with van der Waals surface area (Å²) >= 11 is 1.84. The summed E-state index contributed by atoms with van der Waals surface area (Å²) in [6, 6.07) is 4.39. The number of carbonyl (C=O) groups is 1. The van der Waals surface area contributed by atoms with E-state index < -0.39 is 0 Å². The van der Waals surface area contributed by atoms with Crippen LogP contribution in [0.5, 0.6) is 11.5 Å². The van der Waals surface area contributed by atoms with Gasteiger partial charge in [-0.25, -0.2) is 0 Å². The number of hydrogen-bond acceptors (Lipinski definition) is 4. The summed E-state index contributed by atoms with van der Waals surface area (Å²) in [6.07, 6.45) is 0. The van der Waals surface area contributed by atoms with Crippen LogP contribution in [0.1, 0.15) is 17.3 Å². The number of aromatic hydroxyl groups is 2. The average Bonchev–Trinajstić information content (AvgIpc) is 2.32. The van der Waals surface area contributed by atoms with Crippen molar-refractivity contribution in [2.24, 2.45) is 0 Å². The van der Waals surface area contributed by atoms with Crippen molar-refractivity contribution >= 4 is 17.7 Å². The summed E-state index contributed by atoms with van der Waals surface area (Å²) in [4.78, 5) is 14.0. The summed E-state index contributed by atoms with van der Waals surface area (Å²) in [7, 11) is 0. The minimum atomic E-state index is -0.255. The van der Waals surface area contributed by atoms with Gasteiger partial charge >= 0.3 is 0 Å². The number of nitrogens with zero attached hydrogens (tertiary/aromatic N) is 1. The highest BCUT2D eigenvalue weighted by atomic mass is 32.2. The number of thioether (sulfide) groups is 1. The predicted octanol–water partition coefficient (Wildman–Crippen LogP) is 1.68. The lowest BCUT2D eigenvalue weighted by molar-refractivity contribution is 0.0715. The Morgan fingerprint density at radius 1 is 1.41 bits per heavy atom. The third-order valence-electron chi connectivity index (χ3n) is 2.85. The lowest BCUT2D eigenvalue weighted by Crippen LogP contribution is -2.44. The Balaban J connectivity index is 2.21. The Labute approximate surface area is 104 Å². The molecule has 0 saturated carbocycles. The molecule has 0 radical (unpaired) electrons. The van der Waals surface area contributed by atoms with E-state index in [2.05, 4.69) is 0 Å². The minimum absolute atomic E-state index is 0.0897. The van der Waals surface area contributed by atoms with E-state index in [4.69, 9.17) is 0 Å². The summed E-state index contributed by atoms with van der Waals surface area (Å²) < 4.78 is 0. The van der Waals surface area contributed by atoms with Crippen molar-refractivity contribution in [3.63, 3.8) is 0 Å². The average molecular weight is 253 g/mol. The highest BCUT2D eigenvalue weighted by Crippen LogP contribution is 2.26. The van der Waals surface area contributed by atoms with Gasteiger partial charge in [0.2, 0.25) is 0 Å². The largest absolute Gasteiger partial charge is 0.504 e. The fourth-order valence-corrected chi connectivity index (χ4v) is 2.86. The lowest BCUT2D eigenvalue weighted by Gasteiger charge is -2.33. The van der Waals surface area contributed by atoms with E-state index in [0.29, 0.717) is 5.56 Å². The van der Waals surface area contributed by atoms with Crippen molar-refractivity contribution in [2.45, 2.75) is 13.0 Å². The zero-order valence-corrected chi connectivity index (χ0v) is 10.4. The van der Waals surface area contributed by atoms with Gasteiger partial charge < -0.3 is 15.1 Å². The highest BCUT2D eigenvalue weighted by Gasteiger charge is 2.24. The summed E-state index contributed by atoms with van der Waals surface area (Å²) in [5.74, 6) is 1.34. The maximum atomic E-state index is 12.2. The fourth-order valence-electron chi connectivity index (χ4n) is 1.85. The van der Waals surface area contributed by atoms with Crippen LogP contribution in [0, 0.1) is 0 Å². The SMILES string of the molecule is CC1CSCCN1C(=O)c1ccc(O)c(O)c1. The molecule has 5 heteroatoms. The van der Waals surface area contributed by atoms with Gasteiger partial charge in [0.15, 0.2) is 11.5 Å².